The lowest BCUT2D eigenvalue weighted by atomic mass is 10.2. The maximum Gasteiger partial charge on any atom is 0.241 e. The van der Waals surface area contributed by atoms with Crippen LogP contribution in [0.5, 0.6) is 11.5 Å². The Balaban J connectivity index is 1.81. The summed E-state index contributed by atoms with van der Waals surface area (Å²) >= 11 is 0. The molecule has 0 spiro atoms. The van der Waals surface area contributed by atoms with Crippen LogP contribution in [-0.4, -0.2) is 20.4 Å². The molecular weight excluding hydrogens is 296 g/mol. The Morgan fingerprint density at radius 2 is 2.00 bits per heavy atom. The van der Waals surface area contributed by atoms with Gasteiger partial charge in [-0.1, -0.05) is 5.16 Å². The summed E-state index contributed by atoms with van der Waals surface area (Å²) in [6.07, 6.45) is 0. The van der Waals surface area contributed by atoms with Crippen LogP contribution in [0.4, 0.5) is 0 Å². The first kappa shape index (κ1) is 13.9. The van der Waals surface area contributed by atoms with Gasteiger partial charge in [-0.25, -0.2) is 13.1 Å². The van der Waals surface area contributed by atoms with Crippen molar-refractivity contribution in [2.24, 2.45) is 0 Å². The summed E-state index contributed by atoms with van der Waals surface area (Å²) in [6, 6.07) is 4.49. The number of rotatable bonds is 4. The molecule has 1 aliphatic rings. The lowest BCUT2D eigenvalue weighted by molar-refractivity contribution is 0.174. The van der Waals surface area contributed by atoms with Gasteiger partial charge in [0.1, 0.15) is 5.76 Å². The van der Waals surface area contributed by atoms with E-state index in [9.17, 15) is 8.42 Å². The Bertz CT molecular complexity index is 762. The third-order valence-electron chi connectivity index (χ3n) is 3.27. The fourth-order valence-electron chi connectivity index (χ4n) is 2.05. The molecule has 0 aliphatic carbocycles. The van der Waals surface area contributed by atoms with E-state index < -0.39 is 10.0 Å². The topological polar surface area (TPSA) is 90.7 Å². The van der Waals surface area contributed by atoms with Crippen LogP contribution in [0, 0.1) is 13.8 Å². The van der Waals surface area contributed by atoms with Gasteiger partial charge in [-0.05, 0) is 26.0 Å². The van der Waals surface area contributed by atoms with Gasteiger partial charge in [0.15, 0.2) is 11.5 Å². The van der Waals surface area contributed by atoms with E-state index in [4.69, 9.17) is 14.0 Å². The van der Waals surface area contributed by atoms with Crippen molar-refractivity contribution in [1.82, 2.24) is 9.88 Å². The van der Waals surface area contributed by atoms with Crippen molar-refractivity contribution in [2.45, 2.75) is 25.3 Å². The molecule has 8 heteroatoms. The van der Waals surface area contributed by atoms with Crippen molar-refractivity contribution in [3.8, 4) is 11.5 Å². The molecule has 0 unspecified atom stereocenters. The molecule has 0 saturated carbocycles. The monoisotopic (exact) mass is 310 g/mol. The number of hydrogen-bond acceptors (Lipinski definition) is 6. The Kier molecular flexibility index (Phi) is 3.34. The van der Waals surface area contributed by atoms with Gasteiger partial charge < -0.3 is 14.0 Å². The van der Waals surface area contributed by atoms with Crippen molar-refractivity contribution in [2.75, 3.05) is 6.79 Å². The molecular formula is C13H14N2O5S. The molecule has 0 atom stereocenters. The number of fused-ring (bicyclic) bond motifs is 1. The first-order valence-corrected chi connectivity index (χ1v) is 7.77. The quantitative estimate of drug-likeness (QED) is 0.920. The van der Waals surface area contributed by atoms with Gasteiger partial charge in [-0.3, -0.25) is 0 Å². The number of aryl methyl sites for hydroxylation is 2. The number of ether oxygens (including phenoxy) is 2. The molecule has 21 heavy (non-hydrogen) atoms. The van der Waals surface area contributed by atoms with Gasteiger partial charge in [0.05, 0.1) is 10.6 Å². The molecule has 0 radical (unpaired) electrons. The van der Waals surface area contributed by atoms with Gasteiger partial charge in [-0.15, -0.1) is 0 Å². The zero-order chi connectivity index (χ0) is 15.0. The summed E-state index contributed by atoms with van der Waals surface area (Å²) in [7, 11) is -3.65. The van der Waals surface area contributed by atoms with E-state index in [1.807, 2.05) is 0 Å². The third kappa shape index (κ3) is 2.59. The van der Waals surface area contributed by atoms with Crippen molar-refractivity contribution < 1.29 is 22.4 Å². The first-order chi connectivity index (χ1) is 9.97. The molecule has 1 aromatic heterocycles. The Hall–Kier alpha value is -2.06. The van der Waals surface area contributed by atoms with Crippen LogP contribution in [0.3, 0.4) is 0 Å². The molecule has 0 amide bonds. The molecule has 7 nitrogen and oxygen atoms in total. The van der Waals surface area contributed by atoms with Gasteiger partial charge in [0.2, 0.25) is 16.8 Å². The van der Waals surface area contributed by atoms with E-state index in [-0.39, 0.29) is 18.2 Å². The first-order valence-electron chi connectivity index (χ1n) is 6.28. The Morgan fingerprint density at radius 3 is 2.71 bits per heavy atom. The second-order valence-corrected chi connectivity index (χ2v) is 6.41. The van der Waals surface area contributed by atoms with E-state index in [1.54, 1.807) is 19.9 Å². The molecule has 1 aromatic carbocycles. The molecule has 0 bridgehead atoms. The smallest absolute Gasteiger partial charge is 0.241 e. The van der Waals surface area contributed by atoms with E-state index in [1.165, 1.54) is 12.1 Å². The molecule has 2 aromatic rings. The molecule has 112 valence electrons. The average Bonchev–Trinajstić information content (AvgIpc) is 3.03. The Morgan fingerprint density at radius 1 is 1.24 bits per heavy atom. The van der Waals surface area contributed by atoms with Crippen LogP contribution in [0.2, 0.25) is 0 Å². The predicted molar refractivity (Wildman–Crippen MR) is 72.6 cm³/mol. The SMILES string of the molecule is Cc1noc(C)c1CNS(=O)(=O)c1ccc2c(c1)OCO2. The van der Waals surface area contributed by atoms with E-state index in [0.29, 0.717) is 23.0 Å². The van der Waals surface area contributed by atoms with Crippen molar-refractivity contribution in [1.29, 1.82) is 0 Å². The highest BCUT2D eigenvalue weighted by molar-refractivity contribution is 7.89. The van der Waals surface area contributed by atoms with Gasteiger partial charge >= 0.3 is 0 Å². The number of hydrogen-bond donors (Lipinski definition) is 1. The minimum absolute atomic E-state index is 0.103. The van der Waals surface area contributed by atoms with Gasteiger partial charge in [0.25, 0.3) is 0 Å². The van der Waals surface area contributed by atoms with E-state index >= 15 is 0 Å². The molecule has 0 saturated heterocycles. The third-order valence-corrected chi connectivity index (χ3v) is 4.67. The van der Waals surface area contributed by atoms with Crippen LogP contribution in [0.25, 0.3) is 0 Å². The zero-order valence-electron chi connectivity index (χ0n) is 11.5. The van der Waals surface area contributed by atoms with Crippen molar-refractivity contribution in [3.05, 3.63) is 35.2 Å². The summed E-state index contributed by atoms with van der Waals surface area (Å²) < 4.78 is 42.5. The maximum atomic E-state index is 12.3. The highest BCUT2D eigenvalue weighted by atomic mass is 32.2. The number of aromatic nitrogens is 1. The van der Waals surface area contributed by atoms with Crippen molar-refractivity contribution >= 4 is 10.0 Å². The predicted octanol–water partition coefficient (Wildman–Crippen LogP) is 1.50. The number of benzene rings is 1. The maximum absolute atomic E-state index is 12.3. The fraction of sp³-hybridized carbons (Fsp3) is 0.308. The average molecular weight is 310 g/mol. The second-order valence-electron chi connectivity index (χ2n) is 4.64. The minimum Gasteiger partial charge on any atom is -0.454 e. The summed E-state index contributed by atoms with van der Waals surface area (Å²) in [5, 5.41) is 3.79. The normalized spacial score (nSPS) is 13.6. The van der Waals surface area contributed by atoms with Crippen LogP contribution >= 0.6 is 0 Å². The van der Waals surface area contributed by atoms with E-state index in [2.05, 4.69) is 9.88 Å². The summed E-state index contributed by atoms with van der Waals surface area (Å²) in [5.74, 6) is 1.57. The highest BCUT2D eigenvalue weighted by Gasteiger charge is 2.21. The second kappa shape index (κ2) is 5.05. The summed E-state index contributed by atoms with van der Waals surface area (Å²) in [6.45, 7) is 3.73. The molecule has 3 rings (SSSR count). The largest absolute Gasteiger partial charge is 0.454 e. The van der Waals surface area contributed by atoms with Crippen LogP contribution < -0.4 is 14.2 Å². The summed E-state index contributed by atoms with van der Waals surface area (Å²) in [5.41, 5.74) is 1.40. The lowest BCUT2D eigenvalue weighted by Crippen LogP contribution is -2.23. The minimum atomic E-state index is -3.65. The highest BCUT2D eigenvalue weighted by Crippen LogP contribution is 2.33. The lowest BCUT2D eigenvalue weighted by Gasteiger charge is -2.07. The Labute approximate surface area is 121 Å². The van der Waals surface area contributed by atoms with Crippen LogP contribution in [0.1, 0.15) is 17.0 Å². The van der Waals surface area contributed by atoms with E-state index in [0.717, 1.165) is 5.56 Å². The van der Waals surface area contributed by atoms with Crippen LogP contribution in [0.15, 0.2) is 27.6 Å². The molecule has 1 aliphatic heterocycles. The zero-order valence-corrected chi connectivity index (χ0v) is 12.4. The summed E-state index contributed by atoms with van der Waals surface area (Å²) in [4.78, 5) is 0.124. The molecule has 0 fully saturated rings. The number of sulfonamides is 1. The van der Waals surface area contributed by atoms with Crippen LogP contribution in [-0.2, 0) is 16.6 Å². The van der Waals surface area contributed by atoms with Gasteiger partial charge in [-0.2, -0.15) is 0 Å². The number of nitrogens with zero attached hydrogens (tertiary/aromatic N) is 1. The molecule has 1 N–H and O–H groups in total. The molecule has 2 heterocycles. The van der Waals surface area contributed by atoms with Crippen molar-refractivity contribution in [3.63, 3.8) is 0 Å². The fourth-order valence-corrected chi connectivity index (χ4v) is 3.06. The standard InChI is InChI=1S/C13H14N2O5S/c1-8-11(9(2)20-15-8)6-14-21(16,17)10-3-4-12-13(5-10)19-7-18-12/h3-5,14H,6-7H2,1-2H3. The number of nitrogens with one attached hydrogen (secondary N) is 1. The van der Waals surface area contributed by atoms with Gasteiger partial charge in [0, 0.05) is 18.2 Å².